The van der Waals surface area contributed by atoms with Crippen LogP contribution in [-0.4, -0.2) is 35.4 Å². The second-order valence-electron chi connectivity index (χ2n) is 7.79. The fourth-order valence-corrected chi connectivity index (χ4v) is 3.52. The monoisotopic (exact) mass is 423 g/mol. The first-order valence-electron chi connectivity index (χ1n) is 10.7. The van der Waals surface area contributed by atoms with Crippen LogP contribution in [0.25, 0.3) is 0 Å². The van der Waals surface area contributed by atoms with Gasteiger partial charge in [-0.3, -0.25) is 4.68 Å². The summed E-state index contributed by atoms with van der Waals surface area (Å²) in [6, 6.07) is 12.1. The maximum absolute atomic E-state index is 5.43. The highest BCUT2D eigenvalue weighted by Crippen LogP contribution is 2.14. The van der Waals surface area contributed by atoms with Crippen molar-refractivity contribution in [2.75, 3.05) is 13.7 Å². The number of nitrogens with zero attached hydrogens (tertiary/aromatic N) is 3. The Morgan fingerprint density at radius 3 is 2.61 bits per heavy atom. The minimum Gasteiger partial charge on any atom is -0.497 e. The molecule has 3 rings (SSSR count). The summed E-state index contributed by atoms with van der Waals surface area (Å²) < 4.78 is 12.6. The average Bonchev–Trinajstić information content (AvgIpc) is 3.36. The fraction of sp³-hybridized carbons (Fsp3) is 0.417. The molecule has 1 unspecified atom stereocenters. The zero-order valence-corrected chi connectivity index (χ0v) is 19.1. The van der Waals surface area contributed by atoms with Gasteiger partial charge >= 0.3 is 0 Å². The molecular weight excluding hydrogens is 390 g/mol. The van der Waals surface area contributed by atoms with Gasteiger partial charge < -0.3 is 19.8 Å². The maximum atomic E-state index is 5.43. The second kappa shape index (κ2) is 10.7. The summed E-state index contributed by atoms with van der Waals surface area (Å²) in [6.07, 6.45) is 3.38. The highest BCUT2D eigenvalue weighted by molar-refractivity contribution is 5.80. The molecule has 31 heavy (non-hydrogen) atoms. The van der Waals surface area contributed by atoms with Crippen molar-refractivity contribution < 1.29 is 9.15 Å². The quantitative estimate of drug-likeness (QED) is 0.407. The van der Waals surface area contributed by atoms with E-state index in [0.717, 1.165) is 48.1 Å². The molecule has 2 heterocycles. The average molecular weight is 424 g/mol. The molecule has 2 aromatic heterocycles. The van der Waals surface area contributed by atoms with E-state index in [1.165, 1.54) is 11.3 Å². The number of benzene rings is 1. The molecule has 0 aliphatic rings. The third kappa shape index (κ3) is 6.38. The van der Waals surface area contributed by atoms with Crippen LogP contribution >= 0.6 is 0 Å². The van der Waals surface area contributed by atoms with Crippen LogP contribution in [0.15, 0.2) is 52.1 Å². The number of aryl methyl sites for hydroxylation is 2. The molecule has 2 N–H and O–H groups in total. The highest BCUT2D eigenvalue weighted by Gasteiger charge is 2.14. The highest BCUT2D eigenvalue weighted by atomic mass is 16.5. The molecule has 0 fully saturated rings. The number of rotatable bonds is 9. The summed E-state index contributed by atoms with van der Waals surface area (Å²) in [6.45, 7) is 7.66. The normalized spacial score (nSPS) is 12.6. The van der Waals surface area contributed by atoms with Gasteiger partial charge in [0.1, 0.15) is 11.5 Å². The van der Waals surface area contributed by atoms with Gasteiger partial charge in [-0.15, -0.1) is 0 Å². The van der Waals surface area contributed by atoms with Gasteiger partial charge in [0.25, 0.3) is 0 Å². The number of hydrogen-bond acceptors (Lipinski definition) is 4. The van der Waals surface area contributed by atoms with Crippen molar-refractivity contribution in [2.24, 2.45) is 12.0 Å². The van der Waals surface area contributed by atoms with Crippen molar-refractivity contribution in [1.29, 1.82) is 0 Å². The zero-order valence-electron chi connectivity index (χ0n) is 19.1. The standard InChI is InChI=1S/C24H33N5O2/c1-17(15-23-18(2)28-29(4)19(23)3)27-24(25-13-12-22-7-6-14-31-22)26-16-20-8-10-21(30-5)11-9-20/h6-11,14,17H,12-13,15-16H2,1-5H3,(H2,25,26,27). The van der Waals surface area contributed by atoms with E-state index in [2.05, 4.69) is 36.5 Å². The molecule has 166 valence electrons. The summed E-state index contributed by atoms with van der Waals surface area (Å²) in [7, 11) is 3.66. The van der Waals surface area contributed by atoms with Gasteiger partial charge in [0.2, 0.25) is 0 Å². The van der Waals surface area contributed by atoms with E-state index in [9.17, 15) is 0 Å². The molecule has 0 bridgehead atoms. The van der Waals surface area contributed by atoms with Crippen molar-refractivity contribution in [3.63, 3.8) is 0 Å². The Kier molecular flexibility index (Phi) is 7.76. The van der Waals surface area contributed by atoms with Crippen LogP contribution in [0.1, 0.15) is 35.2 Å². The first-order chi connectivity index (χ1) is 15.0. The molecule has 0 aliphatic carbocycles. The van der Waals surface area contributed by atoms with Gasteiger partial charge in [-0.05, 0) is 62.6 Å². The van der Waals surface area contributed by atoms with Crippen LogP contribution in [-0.2, 0) is 26.4 Å². The number of methoxy groups -OCH3 is 1. The number of nitrogens with one attached hydrogen (secondary N) is 2. The summed E-state index contributed by atoms with van der Waals surface area (Å²) in [5.41, 5.74) is 4.69. The van der Waals surface area contributed by atoms with Gasteiger partial charge in [0.05, 0.1) is 25.6 Å². The van der Waals surface area contributed by atoms with Crippen molar-refractivity contribution in [3.8, 4) is 5.75 Å². The molecular formula is C24H33N5O2. The molecule has 7 heteroatoms. The molecule has 7 nitrogen and oxygen atoms in total. The van der Waals surface area contributed by atoms with Crippen molar-refractivity contribution >= 4 is 5.96 Å². The molecule has 0 radical (unpaired) electrons. The molecule has 0 spiro atoms. The number of aliphatic imine (C=N–C) groups is 1. The van der Waals surface area contributed by atoms with Crippen LogP contribution in [0.2, 0.25) is 0 Å². The SMILES string of the molecule is COc1ccc(CN=C(NCCc2ccco2)NC(C)Cc2c(C)nn(C)c2C)cc1. The van der Waals surface area contributed by atoms with E-state index in [1.807, 2.05) is 48.1 Å². The summed E-state index contributed by atoms with van der Waals surface area (Å²) in [5, 5.41) is 11.5. The Morgan fingerprint density at radius 2 is 2.00 bits per heavy atom. The van der Waals surface area contributed by atoms with Crippen LogP contribution < -0.4 is 15.4 Å². The first-order valence-corrected chi connectivity index (χ1v) is 10.7. The fourth-order valence-electron chi connectivity index (χ4n) is 3.52. The molecule has 0 amide bonds. The van der Waals surface area contributed by atoms with Crippen LogP contribution in [0.5, 0.6) is 5.75 Å². The number of furan rings is 1. The largest absolute Gasteiger partial charge is 0.497 e. The Morgan fingerprint density at radius 1 is 1.23 bits per heavy atom. The second-order valence-corrected chi connectivity index (χ2v) is 7.79. The Labute approximate surface area is 184 Å². The molecule has 0 saturated heterocycles. The van der Waals surface area contributed by atoms with Gasteiger partial charge in [-0.2, -0.15) is 5.10 Å². The van der Waals surface area contributed by atoms with Crippen molar-refractivity contribution in [2.45, 2.75) is 46.2 Å². The molecule has 1 atom stereocenters. The third-order valence-electron chi connectivity index (χ3n) is 5.38. The predicted molar refractivity (Wildman–Crippen MR) is 124 cm³/mol. The molecule has 0 aliphatic heterocycles. The summed E-state index contributed by atoms with van der Waals surface area (Å²) in [4.78, 5) is 4.80. The van der Waals surface area contributed by atoms with Gasteiger partial charge in [-0.25, -0.2) is 4.99 Å². The zero-order chi connectivity index (χ0) is 22.2. The first kappa shape index (κ1) is 22.5. The van der Waals surface area contributed by atoms with E-state index < -0.39 is 0 Å². The van der Waals surface area contributed by atoms with E-state index >= 15 is 0 Å². The lowest BCUT2D eigenvalue weighted by atomic mass is 10.1. The Balaban J connectivity index is 1.65. The topological polar surface area (TPSA) is 76.6 Å². The molecule has 1 aromatic carbocycles. The van der Waals surface area contributed by atoms with Gasteiger partial charge in [0, 0.05) is 31.7 Å². The van der Waals surface area contributed by atoms with E-state index in [4.69, 9.17) is 14.1 Å². The summed E-state index contributed by atoms with van der Waals surface area (Å²) >= 11 is 0. The lowest BCUT2D eigenvalue weighted by Gasteiger charge is -2.19. The van der Waals surface area contributed by atoms with E-state index in [1.54, 1.807) is 13.4 Å². The van der Waals surface area contributed by atoms with Crippen LogP contribution in [0, 0.1) is 13.8 Å². The van der Waals surface area contributed by atoms with Crippen LogP contribution in [0.4, 0.5) is 0 Å². The smallest absolute Gasteiger partial charge is 0.191 e. The van der Waals surface area contributed by atoms with Crippen LogP contribution in [0.3, 0.4) is 0 Å². The number of guanidine groups is 1. The number of hydrogen-bond donors (Lipinski definition) is 2. The Bertz CT molecular complexity index is 974. The van der Waals surface area contributed by atoms with Crippen molar-refractivity contribution in [3.05, 3.63) is 70.9 Å². The summed E-state index contributed by atoms with van der Waals surface area (Å²) in [5.74, 6) is 2.59. The number of aromatic nitrogens is 2. The van der Waals surface area contributed by atoms with Gasteiger partial charge in [-0.1, -0.05) is 12.1 Å². The third-order valence-corrected chi connectivity index (χ3v) is 5.38. The predicted octanol–water partition coefficient (Wildman–Crippen LogP) is 3.55. The minimum atomic E-state index is 0.201. The maximum Gasteiger partial charge on any atom is 0.191 e. The minimum absolute atomic E-state index is 0.201. The van der Waals surface area contributed by atoms with Crippen molar-refractivity contribution in [1.82, 2.24) is 20.4 Å². The van der Waals surface area contributed by atoms with Gasteiger partial charge in [0.15, 0.2) is 5.96 Å². The Hall–Kier alpha value is -3.22. The lowest BCUT2D eigenvalue weighted by molar-refractivity contribution is 0.414. The number of ether oxygens (including phenoxy) is 1. The molecule has 0 saturated carbocycles. The van der Waals surface area contributed by atoms with E-state index in [0.29, 0.717) is 6.54 Å². The molecule has 3 aromatic rings. The van der Waals surface area contributed by atoms with E-state index in [-0.39, 0.29) is 6.04 Å². The lowest BCUT2D eigenvalue weighted by Crippen LogP contribution is -2.44.